The molecule has 1 aromatic carbocycles. The van der Waals surface area contributed by atoms with Crippen LogP contribution in [-0.2, 0) is 38.6 Å². The standard InChI is InChI=1S/C26H33N5O.C6H8O7/c1-19(2)32-16-6-14-28-25-22-12-15-31(17-21-10-8-20(3)9-11-21)18-24(22)29-26(30-25)23-7-4-5-13-27-23;7-3(8)1-6(13,5(11)12)2-4(9)10/h4-5,7-11,13,19H,6,12,14-18H2,1-3H3,(H,28,29,30);13H,1-2H2,(H,7,8)(H,9,10)(H,11,12). The zero-order valence-corrected chi connectivity index (χ0v) is 25.8. The first-order chi connectivity index (χ1) is 21.4. The molecule has 0 atom stereocenters. The van der Waals surface area contributed by atoms with E-state index in [4.69, 9.17) is 35.1 Å². The first-order valence-corrected chi connectivity index (χ1v) is 14.7. The van der Waals surface area contributed by atoms with E-state index in [1.54, 1.807) is 6.20 Å². The third-order valence-electron chi connectivity index (χ3n) is 6.92. The number of nitrogens with zero attached hydrogens (tertiary/aromatic N) is 4. The fraction of sp³-hybridized carbons (Fsp3) is 0.438. The molecule has 45 heavy (non-hydrogen) atoms. The molecule has 0 aliphatic carbocycles. The lowest BCUT2D eigenvalue weighted by Crippen LogP contribution is -2.42. The molecule has 242 valence electrons. The highest BCUT2D eigenvalue weighted by molar-refractivity contribution is 5.88. The van der Waals surface area contributed by atoms with Gasteiger partial charge in [0.1, 0.15) is 11.5 Å². The van der Waals surface area contributed by atoms with Gasteiger partial charge in [0.25, 0.3) is 0 Å². The summed E-state index contributed by atoms with van der Waals surface area (Å²) in [5.74, 6) is -3.40. The molecule has 0 unspecified atom stereocenters. The van der Waals surface area contributed by atoms with Gasteiger partial charge in [-0.15, -0.1) is 0 Å². The van der Waals surface area contributed by atoms with Crippen LogP contribution in [0.2, 0.25) is 0 Å². The van der Waals surface area contributed by atoms with Gasteiger partial charge in [0.2, 0.25) is 0 Å². The van der Waals surface area contributed by atoms with E-state index < -0.39 is 36.4 Å². The van der Waals surface area contributed by atoms with E-state index in [0.717, 1.165) is 62.8 Å². The summed E-state index contributed by atoms with van der Waals surface area (Å²) in [6.07, 6.45) is 1.64. The normalized spacial score (nSPS) is 13.0. The first-order valence-electron chi connectivity index (χ1n) is 14.7. The maximum atomic E-state index is 10.3. The highest BCUT2D eigenvalue weighted by Crippen LogP contribution is 2.27. The Morgan fingerprint density at radius 1 is 1.02 bits per heavy atom. The van der Waals surface area contributed by atoms with Crippen LogP contribution in [0.5, 0.6) is 0 Å². The molecule has 2 aromatic heterocycles. The van der Waals surface area contributed by atoms with E-state index in [1.165, 1.54) is 16.7 Å². The zero-order chi connectivity index (χ0) is 33.0. The van der Waals surface area contributed by atoms with Crippen LogP contribution in [0.3, 0.4) is 0 Å². The van der Waals surface area contributed by atoms with Crippen molar-refractivity contribution < 1.29 is 39.5 Å². The lowest BCUT2D eigenvalue weighted by Gasteiger charge is -2.29. The molecule has 3 heterocycles. The average Bonchev–Trinajstić information content (AvgIpc) is 2.97. The van der Waals surface area contributed by atoms with Gasteiger partial charge in [-0.05, 0) is 51.3 Å². The average molecular weight is 624 g/mol. The minimum absolute atomic E-state index is 0.261. The summed E-state index contributed by atoms with van der Waals surface area (Å²) >= 11 is 0. The number of ether oxygens (including phenoxy) is 1. The number of benzene rings is 1. The molecule has 0 saturated carbocycles. The molecule has 1 aliphatic heterocycles. The molecule has 1 aliphatic rings. The maximum absolute atomic E-state index is 10.3. The Labute approximate surface area is 261 Å². The Bertz CT molecular complexity index is 1420. The number of anilines is 1. The summed E-state index contributed by atoms with van der Waals surface area (Å²) in [6, 6.07) is 14.7. The third-order valence-corrected chi connectivity index (χ3v) is 6.92. The van der Waals surface area contributed by atoms with Gasteiger partial charge in [-0.1, -0.05) is 35.9 Å². The highest BCUT2D eigenvalue weighted by Gasteiger charge is 2.40. The van der Waals surface area contributed by atoms with E-state index in [-0.39, 0.29) is 6.10 Å². The number of pyridine rings is 1. The molecule has 5 N–H and O–H groups in total. The van der Waals surface area contributed by atoms with Gasteiger partial charge in [0, 0.05) is 44.5 Å². The van der Waals surface area contributed by atoms with Crippen molar-refractivity contribution in [1.29, 1.82) is 0 Å². The van der Waals surface area contributed by atoms with Gasteiger partial charge in [-0.2, -0.15) is 0 Å². The Morgan fingerprint density at radius 2 is 1.71 bits per heavy atom. The number of nitrogens with one attached hydrogen (secondary N) is 1. The number of hydrogen-bond donors (Lipinski definition) is 5. The number of rotatable bonds is 14. The van der Waals surface area contributed by atoms with Crippen LogP contribution in [0, 0.1) is 6.92 Å². The van der Waals surface area contributed by atoms with Crippen LogP contribution in [-0.4, -0.2) is 89.6 Å². The SMILES string of the molecule is Cc1ccc(CN2CCc3c(nc(-c4ccccn4)nc3NCCCOC(C)C)C2)cc1.O=C(O)CC(O)(CC(=O)O)C(=O)O. The lowest BCUT2D eigenvalue weighted by molar-refractivity contribution is -0.170. The van der Waals surface area contributed by atoms with Gasteiger partial charge in [0.15, 0.2) is 11.4 Å². The van der Waals surface area contributed by atoms with Crippen LogP contribution in [0.1, 0.15) is 55.5 Å². The predicted octanol–water partition coefficient (Wildman–Crippen LogP) is 3.38. The fourth-order valence-electron chi connectivity index (χ4n) is 4.64. The number of carbonyl (C=O) groups is 3. The van der Waals surface area contributed by atoms with Gasteiger partial charge < -0.3 is 30.5 Å². The van der Waals surface area contributed by atoms with E-state index in [1.807, 2.05) is 18.2 Å². The van der Waals surface area contributed by atoms with Crippen LogP contribution in [0.15, 0.2) is 48.7 Å². The second kappa shape index (κ2) is 16.6. The van der Waals surface area contributed by atoms with E-state index >= 15 is 0 Å². The van der Waals surface area contributed by atoms with Crippen molar-refractivity contribution in [3.63, 3.8) is 0 Å². The molecular weight excluding hydrogens is 582 g/mol. The third kappa shape index (κ3) is 11.2. The van der Waals surface area contributed by atoms with Crippen molar-refractivity contribution in [3.05, 3.63) is 71.0 Å². The summed E-state index contributed by atoms with van der Waals surface area (Å²) in [7, 11) is 0. The van der Waals surface area contributed by atoms with Gasteiger partial charge >= 0.3 is 17.9 Å². The van der Waals surface area contributed by atoms with Gasteiger partial charge in [-0.3, -0.25) is 19.5 Å². The molecular formula is C32H41N5O8. The number of fused-ring (bicyclic) bond motifs is 1. The predicted molar refractivity (Wildman–Crippen MR) is 166 cm³/mol. The summed E-state index contributed by atoms with van der Waals surface area (Å²) in [5, 5.41) is 37.4. The van der Waals surface area contributed by atoms with Crippen LogP contribution in [0.4, 0.5) is 5.82 Å². The molecule has 13 nitrogen and oxygen atoms in total. The summed E-state index contributed by atoms with van der Waals surface area (Å²) in [6.45, 7) is 10.6. The summed E-state index contributed by atoms with van der Waals surface area (Å²) in [5.41, 5.74) is 3.02. The Kier molecular flexibility index (Phi) is 12.9. The lowest BCUT2D eigenvalue weighted by atomic mass is 9.96. The molecule has 0 amide bonds. The summed E-state index contributed by atoms with van der Waals surface area (Å²) < 4.78 is 5.67. The van der Waals surface area contributed by atoms with Crippen molar-refractivity contribution in [3.8, 4) is 11.5 Å². The molecule has 4 rings (SSSR count). The van der Waals surface area contributed by atoms with Crippen LogP contribution >= 0.6 is 0 Å². The molecule has 0 fully saturated rings. The maximum Gasteiger partial charge on any atom is 0.336 e. The van der Waals surface area contributed by atoms with Crippen molar-refractivity contribution in [2.75, 3.05) is 25.0 Å². The van der Waals surface area contributed by atoms with Crippen molar-refractivity contribution in [2.45, 2.75) is 71.2 Å². The second-order valence-corrected chi connectivity index (χ2v) is 11.2. The molecule has 0 radical (unpaired) electrons. The second-order valence-electron chi connectivity index (χ2n) is 11.2. The topological polar surface area (TPSA) is 195 Å². The van der Waals surface area contributed by atoms with Gasteiger partial charge in [-0.25, -0.2) is 14.8 Å². The van der Waals surface area contributed by atoms with Gasteiger partial charge in [0.05, 0.1) is 24.6 Å². The smallest absolute Gasteiger partial charge is 0.336 e. The molecule has 0 saturated heterocycles. The van der Waals surface area contributed by atoms with E-state index in [2.05, 4.69) is 60.2 Å². The molecule has 0 bridgehead atoms. The van der Waals surface area contributed by atoms with Crippen LogP contribution < -0.4 is 5.32 Å². The number of aliphatic carboxylic acids is 3. The van der Waals surface area contributed by atoms with Crippen molar-refractivity contribution >= 4 is 23.7 Å². The minimum atomic E-state index is -2.74. The molecule has 0 spiro atoms. The number of aryl methyl sites for hydroxylation is 1. The number of carboxylic acids is 3. The number of hydrogen-bond acceptors (Lipinski definition) is 10. The first kappa shape index (κ1) is 35.0. The number of aliphatic hydroxyl groups is 1. The largest absolute Gasteiger partial charge is 0.481 e. The Balaban J connectivity index is 0.000000360. The Morgan fingerprint density at radius 3 is 2.29 bits per heavy atom. The van der Waals surface area contributed by atoms with Crippen molar-refractivity contribution in [1.82, 2.24) is 19.9 Å². The molecule has 3 aromatic rings. The molecule has 13 heteroatoms. The number of aromatic nitrogens is 3. The van der Waals surface area contributed by atoms with E-state index in [9.17, 15) is 14.4 Å². The quantitative estimate of drug-likeness (QED) is 0.164. The van der Waals surface area contributed by atoms with Crippen LogP contribution in [0.25, 0.3) is 11.5 Å². The number of carboxylic acid groups (broad SMARTS) is 3. The zero-order valence-electron chi connectivity index (χ0n) is 25.8. The van der Waals surface area contributed by atoms with E-state index in [0.29, 0.717) is 5.82 Å². The van der Waals surface area contributed by atoms with Crippen molar-refractivity contribution in [2.24, 2.45) is 0 Å². The monoisotopic (exact) mass is 623 g/mol. The highest BCUT2D eigenvalue weighted by atomic mass is 16.5. The summed E-state index contributed by atoms with van der Waals surface area (Å²) in [4.78, 5) is 47.2. The Hall–Kier alpha value is -4.46. The fourth-order valence-corrected chi connectivity index (χ4v) is 4.64. The minimum Gasteiger partial charge on any atom is -0.481 e.